The van der Waals surface area contributed by atoms with Crippen LogP contribution in [0.4, 0.5) is 0 Å². The molecule has 0 bridgehead atoms. The molecule has 0 radical (unpaired) electrons. The van der Waals surface area contributed by atoms with Crippen molar-refractivity contribution in [2.24, 2.45) is 0 Å². The largest absolute Gasteiger partial charge is 0.198 e. The third-order valence-electron chi connectivity index (χ3n) is 1.83. The molecule has 0 saturated carbocycles. The van der Waals surface area contributed by atoms with Gasteiger partial charge >= 0.3 is 0 Å². The molecule has 0 aliphatic rings. The van der Waals surface area contributed by atoms with E-state index >= 15 is 0 Å². The van der Waals surface area contributed by atoms with Crippen molar-refractivity contribution in [1.29, 1.82) is 5.26 Å². The van der Waals surface area contributed by atoms with Crippen molar-refractivity contribution in [2.75, 3.05) is 0 Å². The molecular formula is C10H10BrN. The van der Waals surface area contributed by atoms with E-state index in [4.69, 9.17) is 5.26 Å². The zero-order valence-corrected chi connectivity index (χ0v) is 8.51. The van der Waals surface area contributed by atoms with E-state index in [2.05, 4.69) is 28.9 Å². The lowest BCUT2D eigenvalue weighted by Crippen LogP contribution is -1.92. The second kappa shape index (κ2) is 4.27. The highest BCUT2D eigenvalue weighted by Gasteiger charge is 2.06. The third-order valence-corrected chi connectivity index (χ3v) is 2.56. The minimum atomic E-state index is 0.311. The second-order valence-electron chi connectivity index (χ2n) is 2.78. The third kappa shape index (κ3) is 2.09. The topological polar surface area (TPSA) is 23.8 Å². The average molecular weight is 224 g/mol. The van der Waals surface area contributed by atoms with Crippen LogP contribution in [0.25, 0.3) is 0 Å². The van der Waals surface area contributed by atoms with Crippen molar-refractivity contribution >= 4 is 15.9 Å². The lowest BCUT2D eigenvalue weighted by Gasteiger charge is -2.08. The van der Waals surface area contributed by atoms with Gasteiger partial charge in [-0.3, -0.25) is 0 Å². The van der Waals surface area contributed by atoms with Gasteiger partial charge in [-0.2, -0.15) is 5.26 Å². The number of nitrogens with zero attached hydrogens (tertiary/aromatic N) is 1. The summed E-state index contributed by atoms with van der Waals surface area (Å²) in [7, 11) is 0. The summed E-state index contributed by atoms with van der Waals surface area (Å²) in [5.41, 5.74) is 1.21. The molecule has 0 fully saturated rings. The van der Waals surface area contributed by atoms with Gasteiger partial charge in [0.2, 0.25) is 0 Å². The smallest absolute Gasteiger partial charge is 0.0628 e. The first-order valence-corrected chi connectivity index (χ1v) is 4.66. The van der Waals surface area contributed by atoms with Gasteiger partial charge < -0.3 is 0 Å². The fourth-order valence-corrected chi connectivity index (χ4v) is 1.80. The van der Waals surface area contributed by atoms with Crippen LogP contribution < -0.4 is 0 Å². The Hall–Kier alpha value is -0.810. The summed E-state index contributed by atoms with van der Waals surface area (Å²) in [6.45, 7) is 2.06. The van der Waals surface area contributed by atoms with Crippen LogP contribution in [0.1, 0.15) is 24.8 Å². The Morgan fingerprint density at radius 3 is 2.75 bits per heavy atom. The predicted molar refractivity (Wildman–Crippen MR) is 52.8 cm³/mol. The summed E-state index contributed by atoms with van der Waals surface area (Å²) in [6, 6.07) is 10.2. The standard InChI is InChI=1S/C10H10BrN/c1-8(6-7-12)9-4-2-3-5-10(9)11/h2-5,8H,6H2,1H3. The summed E-state index contributed by atoms with van der Waals surface area (Å²) >= 11 is 3.46. The molecule has 0 heterocycles. The molecule has 12 heavy (non-hydrogen) atoms. The summed E-state index contributed by atoms with van der Waals surface area (Å²) in [4.78, 5) is 0. The molecule has 0 N–H and O–H groups in total. The van der Waals surface area contributed by atoms with Gasteiger partial charge in [-0.15, -0.1) is 0 Å². The normalized spacial score (nSPS) is 12.1. The zero-order chi connectivity index (χ0) is 8.97. The Kier molecular flexibility index (Phi) is 3.31. The van der Waals surface area contributed by atoms with Crippen molar-refractivity contribution in [3.05, 3.63) is 34.3 Å². The van der Waals surface area contributed by atoms with E-state index in [0.29, 0.717) is 12.3 Å². The van der Waals surface area contributed by atoms with Crippen LogP contribution in [0.5, 0.6) is 0 Å². The van der Waals surface area contributed by atoms with Crippen LogP contribution in [0, 0.1) is 11.3 Å². The van der Waals surface area contributed by atoms with E-state index in [1.54, 1.807) is 0 Å². The number of nitriles is 1. The molecule has 0 aliphatic heterocycles. The van der Waals surface area contributed by atoms with Crippen LogP contribution in [0.15, 0.2) is 28.7 Å². The van der Waals surface area contributed by atoms with Crippen LogP contribution in [-0.4, -0.2) is 0 Å². The van der Waals surface area contributed by atoms with Gasteiger partial charge in [0.05, 0.1) is 6.07 Å². The molecule has 1 rings (SSSR count). The Labute approximate surface area is 81.2 Å². The van der Waals surface area contributed by atoms with Gasteiger partial charge in [-0.25, -0.2) is 0 Å². The summed E-state index contributed by atoms with van der Waals surface area (Å²) in [6.07, 6.45) is 0.572. The molecule has 0 aromatic heterocycles. The molecule has 1 aromatic carbocycles. The van der Waals surface area contributed by atoms with E-state index in [9.17, 15) is 0 Å². The van der Waals surface area contributed by atoms with Crippen LogP contribution in [-0.2, 0) is 0 Å². The summed E-state index contributed by atoms with van der Waals surface area (Å²) < 4.78 is 1.09. The van der Waals surface area contributed by atoms with Gasteiger partial charge in [0.15, 0.2) is 0 Å². The molecule has 1 aromatic rings. The Morgan fingerprint density at radius 2 is 2.17 bits per heavy atom. The van der Waals surface area contributed by atoms with Gasteiger partial charge in [0, 0.05) is 10.9 Å². The van der Waals surface area contributed by atoms with E-state index in [1.165, 1.54) is 5.56 Å². The van der Waals surface area contributed by atoms with Gasteiger partial charge in [-0.05, 0) is 17.5 Å². The van der Waals surface area contributed by atoms with Crippen molar-refractivity contribution < 1.29 is 0 Å². The fraction of sp³-hybridized carbons (Fsp3) is 0.300. The fourth-order valence-electron chi connectivity index (χ4n) is 1.12. The Balaban J connectivity index is 2.88. The molecule has 0 aliphatic carbocycles. The number of hydrogen-bond acceptors (Lipinski definition) is 1. The lowest BCUT2D eigenvalue weighted by molar-refractivity contribution is 0.785. The Bertz CT molecular complexity index is 301. The first-order chi connectivity index (χ1) is 5.75. The van der Waals surface area contributed by atoms with E-state index < -0.39 is 0 Å². The van der Waals surface area contributed by atoms with Gasteiger partial charge in [0.1, 0.15) is 0 Å². The van der Waals surface area contributed by atoms with Gasteiger partial charge in [-0.1, -0.05) is 41.1 Å². The highest BCUT2D eigenvalue weighted by Crippen LogP contribution is 2.26. The molecule has 0 amide bonds. The Morgan fingerprint density at radius 1 is 1.50 bits per heavy atom. The summed E-state index contributed by atoms with van der Waals surface area (Å²) in [5.74, 6) is 0.311. The number of rotatable bonds is 2. The number of hydrogen-bond donors (Lipinski definition) is 0. The van der Waals surface area contributed by atoms with Crippen molar-refractivity contribution in [1.82, 2.24) is 0 Å². The maximum Gasteiger partial charge on any atom is 0.0628 e. The van der Waals surface area contributed by atoms with E-state index in [0.717, 1.165) is 4.47 Å². The molecule has 2 heteroatoms. The molecule has 62 valence electrons. The minimum Gasteiger partial charge on any atom is -0.198 e. The second-order valence-corrected chi connectivity index (χ2v) is 3.64. The molecular weight excluding hydrogens is 214 g/mol. The quantitative estimate of drug-likeness (QED) is 0.754. The molecule has 0 saturated heterocycles. The van der Waals surface area contributed by atoms with Gasteiger partial charge in [0.25, 0.3) is 0 Å². The van der Waals surface area contributed by atoms with Crippen LogP contribution in [0.2, 0.25) is 0 Å². The first kappa shape index (κ1) is 9.28. The average Bonchev–Trinajstić information content (AvgIpc) is 2.05. The lowest BCUT2D eigenvalue weighted by atomic mass is 9.99. The summed E-state index contributed by atoms with van der Waals surface area (Å²) in [5, 5.41) is 8.52. The maximum absolute atomic E-state index is 8.52. The molecule has 1 unspecified atom stereocenters. The highest BCUT2D eigenvalue weighted by atomic mass is 79.9. The SMILES string of the molecule is CC(CC#N)c1ccccc1Br. The zero-order valence-electron chi connectivity index (χ0n) is 6.92. The predicted octanol–water partition coefficient (Wildman–Crippen LogP) is 3.47. The van der Waals surface area contributed by atoms with Crippen molar-refractivity contribution in [2.45, 2.75) is 19.3 Å². The van der Waals surface area contributed by atoms with E-state index in [-0.39, 0.29) is 0 Å². The van der Waals surface area contributed by atoms with E-state index in [1.807, 2.05) is 24.3 Å². The number of halogens is 1. The van der Waals surface area contributed by atoms with Crippen molar-refractivity contribution in [3.63, 3.8) is 0 Å². The van der Waals surface area contributed by atoms with Crippen LogP contribution >= 0.6 is 15.9 Å². The molecule has 1 atom stereocenters. The monoisotopic (exact) mass is 223 g/mol. The molecule has 1 nitrogen and oxygen atoms in total. The van der Waals surface area contributed by atoms with Crippen molar-refractivity contribution in [3.8, 4) is 6.07 Å². The number of benzene rings is 1. The first-order valence-electron chi connectivity index (χ1n) is 3.87. The molecule has 0 spiro atoms. The highest BCUT2D eigenvalue weighted by molar-refractivity contribution is 9.10. The minimum absolute atomic E-state index is 0.311. The van der Waals surface area contributed by atoms with Crippen LogP contribution in [0.3, 0.4) is 0 Å². The maximum atomic E-state index is 8.52.